The lowest BCUT2D eigenvalue weighted by atomic mass is 10.1. The Balaban J connectivity index is 1.88. The molecule has 3 heterocycles. The molecule has 1 saturated heterocycles. The van der Waals surface area contributed by atoms with Gasteiger partial charge in [-0.1, -0.05) is 13.8 Å². The first-order valence-electron chi connectivity index (χ1n) is 8.33. The zero-order valence-corrected chi connectivity index (χ0v) is 14.4. The standard InChI is InChI=1S/C16H26N6O/c1-5-13-12(14(6-2)21(3)20-13)9-22-8-11(23-4)7-15(22)16-17-10-18-19-16/h10-11,15H,5-9H2,1-4H3,(H,17,18,19)/t11-,15+/m1/s1. The van der Waals surface area contributed by atoms with Gasteiger partial charge >= 0.3 is 0 Å². The summed E-state index contributed by atoms with van der Waals surface area (Å²) in [5.74, 6) is 0.921. The van der Waals surface area contributed by atoms with Crippen LogP contribution in [0.2, 0.25) is 0 Å². The lowest BCUT2D eigenvalue weighted by Gasteiger charge is -2.23. The smallest absolute Gasteiger partial charge is 0.141 e. The molecule has 1 aliphatic heterocycles. The first-order valence-corrected chi connectivity index (χ1v) is 8.33. The number of rotatable bonds is 6. The van der Waals surface area contributed by atoms with Crippen LogP contribution in [0.15, 0.2) is 6.33 Å². The summed E-state index contributed by atoms with van der Waals surface area (Å²) in [6.45, 7) is 6.14. The van der Waals surface area contributed by atoms with Crippen LogP contribution < -0.4 is 0 Å². The number of nitrogens with one attached hydrogen (secondary N) is 1. The molecule has 7 nitrogen and oxygen atoms in total. The van der Waals surface area contributed by atoms with Crippen molar-refractivity contribution in [2.75, 3.05) is 13.7 Å². The summed E-state index contributed by atoms with van der Waals surface area (Å²) in [5.41, 5.74) is 3.87. The summed E-state index contributed by atoms with van der Waals surface area (Å²) >= 11 is 0. The second-order valence-corrected chi connectivity index (χ2v) is 6.11. The van der Waals surface area contributed by atoms with Crippen LogP contribution in [0.4, 0.5) is 0 Å². The normalized spacial score (nSPS) is 22.1. The number of aromatic nitrogens is 5. The monoisotopic (exact) mass is 318 g/mol. The maximum Gasteiger partial charge on any atom is 0.141 e. The number of hydrogen-bond acceptors (Lipinski definition) is 5. The van der Waals surface area contributed by atoms with Gasteiger partial charge in [-0.3, -0.25) is 14.7 Å². The molecule has 2 atom stereocenters. The second kappa shape index (κ2) is 6.80. The Morgan fingerprint density at radius 1 is 1.35 bits per heavy atom. The molecule has 23 heavy (non-hydrogen) atoms. The van der Waals surface area contributed by atoms with Gasteiger partial charge in [0.05, 0.1) is 17.8 Å². The van der Waals surface area contributed by atoms with Gasteiger partial charge in [0.25, 0.3) is 0 Å². The van der Waals surface area contributed by atoms with Gasteiger partial charge in [0, 0.05) is 38.5 Å². The highest BCUT2D eigenvalue weighted by molar-refractivity contribution is 5.27. The Morgan fingerprint density at radius 2 is 2.17 bits per heavy atom. The molecule has 7 heteroatoms. The zero-order chi connectivity index (χ0) is 16.4. The van der Waals surface area contributed by atoms with Gasteiger partial charge < -0.3 is 4.74 Å². The second-order valence-electron chi connectivity index (χ2n) is 6.11. The molecule has 0 saturated carbocycles. The van der Waals surface area contributed by atoms with Gasteiger partial charge in [0.2, 0.25) is 0 Å². The van der Waals surface area contributed by atoms with Gasteiger partial charge in [-0.15, -0.1) is 0 Å². The minimum absolute atomic E-state index is 0.220. The molecule has 126 valence electrons. The Kier molecular flexibility index (Phi) is 4.77. The molecular weight excluding hydrogens is 292 g/mol. The van der Waals surface area contributed by atoms with Crippen molar-refractivity contribution >= 4 is 0 Å². The highest BCUT2D eigenvalue weighted by Gasteiger charge is 2.35. The minimum atomic E-state index is 0.220. The van der Waals surface area contributed by atoms with Crippen molar-refractivity contribution in [2.24, 2.45) is 7.05 Å². The van der Waals surface area contributed by atoms with Crippen LogP contribution in [0.25, 0.3) is 0 Å². The molecule has 0 amide bonds. The number of hydrogen-bond donors (Lipinski definition) is 1. The van der Waals surface area contributed by atoms with Gasteiger partial charge in [-0.05, 0) is 19.3 Å². The largest absolute Gasteiger partial charge is 0.380 e. The van der Waals surface area contributed by atoms with Gasteiger partial charge in [-0.2, -0.15) is 10.2 Å². The molecule has 2 aromatic heterocycles. The van der Waals surface area contributed by atoms with Crippen LogP contribution in [0.3, 0.4) is 0 Å². The van der Waals surface area contributed by atoms with Gasteiger partial charge in [-0.25, -0.2) is 4.98 Å². The number of nitrogens with zero attached hydrogens (tertiary/aromatic N) is 5. The number of aromatic amines is 1. The number of aryl methyl sites for hydroxylation is 2. The molecule has 2 aromatic rings. The quantitative estimate of drug-likeness (QED) is 0.876. The lowest BCUT2D eigenvalue weighted by Crippen LogP contribution is -2.26. The van der Waals surface area contributed by atoms with Crippen molar-refractivity contribution in [1.29, 1.82) is 0 Å². The summed E-state index contributed by atoms with van der Waals surface area (Å²) in [6.07, 6.45) is 4.70. The molecule has 0 aromatic carbocycles. The van der Waals surface area contributed by atoms with E-state index in [1.807, 2.05) is 11.7 Å². The fourth-order valence-electron chi connectivity index (χ4n) is 3.64. The van der Waals surface area contributed by atoms with Crippen LogP contribution in [-0.4, -0.2) is 49.6 Å². The third-order valence-corrected chi connectivity index (χ3v) is 4.84. The van der Waals surface area contributed by atoms with Gasteiger partial charge in [0.15, 0.2) is 0 Å². The van der Waals surface area contributed by atoms with Crippen molar-refractivity contribution in [3.8, 4) is 0 Å². The topological polar surface area (TPSA) is 71.9 Å². The van der Waals surface area contributed by atoms with E-state index in [-0.39, 0.29) is 12.1 Å². The average molecular weight is 318 g/mol. The highest BCUT2D eigenvalue weighted by atomic mass is 16.5. The Labute approximate surface area is 137 Å². The number of likely N-dealkylation sites (tertiary alicyclic amines) is 1. The molecule has 0 unspecified atom stereocenters. The molecule has 1 fully saturated rings. The molecule has 3 rings (SSSR count). The maximum atomic E-state index is 5.60. The fraction of sp³-hybridized carbons (Fsp3) is 0.688. The van der Waals surface area contributed by atoms with E-state index >= 15 is 0 Å². The first kappa shape index (κ1) is 16.1. The number of methoxy groups -OCH3 is 1. The van der Waals surface area contributed by atoms with Crippen molar-refractivity contribution in [1.82, 2.24) is 29.9 Å². The van der Waals surface area contributed by atoms with E-state index in [1.54, 1.807) is 13.4 Å². The van der Waals surface area contributed by atoms with Crippen LogP contribution in [0, 0.1) is 0 Å². The maximum absolute atomic E-state index is 5.60. The van der Waals surface area contributed by atoms with E-state index in [4.69, 9.17) is 9.84 Å². The Bertz CT molecular complexity index is 635. The Hall–Kier alpha value is -1.73. The molecule has 0 spiro atoms. The lowest BCUT2D eigenvalue weighted by molar-refractivity contribution is 0.107. The predicted octanol–water partition coefficient (Wildman–Crippen LogP) is 1.62. The van der Waals surface area contributed by atoms with E-state index in [9.17, 15) is 0 Å². The van der Waals surface area contributed by atoms with Crippen molar-refractivity contribution in [3.63, 3.8) is 0 Å². The van der Waals surface area contributed by atoms with Crippen molar-refractivity contribution in [2.45, 2.75) is 51.8 Å². The third-order valence-electron chi connectivity index (χ3n) is 4.84. The minimum Gasteiger partial charge on any atom is -0.380 e. The molecule has 0 radical (unpaired) electrons. The van der Waals surface area contributed by atoms with E-state index in [2.05, 4.69) is 33.9 Å². The highest BCUT2D eigenvalue weighted by Crippen LogP contribution is 2.33. The fourth-order valence-corrected chi connectivity index (χ4v) is 3.64. The number of ether oxygens (including phenoxy) is 1. The summed E-state index contributed by atoms with van der Waals surface area (Å²) in [5, 5.41) is 11.7. The predicted molar refractivity (Wildman–Crippen MR) is 86.9 cm³/mol. The summed E-state index contributed by atoms with van der Waals surface area (Å²) in [6, 6.07) is 0.220. The van der Waals surface area contributed by atoms with Crippen molar-refractivity contribution in [3.05, 3.63) is 29.1 Å². The van der Waals surface area contributed by atoms with Crippen LogP contribution >= 0.6 is 0 Å². The molecule has 0 bridgehead atoms. The van der Waals surface area contributed by atoms with E-state index in [0.717, 1.165) is 38.2 Å². The number of H-pyrrole nitrogens is 1. The van der Waals surface area contributed by atoms with E-state index < -0.39 is 0 Å². The van der Waals surface area contributed by atoms with Crippen molar-refractivity contribution < 1.29 is 4.74 Å². The van der Waals surface area contributed by atoms with Crippen LogP contribution in [0.1, 0.15) is 49.1 Å². The third kappa shape index (κ3) is 3.03. The zero-order valence-electron chi connectivity index (χ0n) is 14.4. The Morgan fingerprint density at radius 3 is 2.78 bits per heavy atom. The summed E-state index contributed by atoms with van der Waals surface area (Å²) < 4.78 is 7.63. The molecular formula is C16H26N6O. The first-order chi connectivity index (χ1) is 11.2. The molecule has 1 aliphatic rings. The van der Waals surface area contributed by atoms with Crippen LogP contribution in [-0.2, 0) is 31.2 Å². The van der Waals surface area contributed by atoms with E-state index in [0.29, 0.717) is 0 Å². The molecule has 1 N–H and O–H groups in total. The average Bonchev–Trinajstić information content (AvgIpc) is 3.26. The van der Waals surface area contributed by atoms with Gasteiger partial charge in [0.1, 0.15) is 12.2 Å². The molecule has 0 aliphatic carbocycles. The van der Waals surface area contributed by atoms with Crippen LogP contribution in [0.5, 0.6) is 0 Å². The summed E-state index contributed by atoms with van der Waals surface area (Å²) in [7, 11) is 3.82. The van der Waals surface area contributed by atoms with E-state index in [1.165, 1.54) is 17.0 Å². The summed E-state index contributed by atoms with van der Waals surface area (Å²) in [4.78, 5) is 6.80. The SMILES string of the molecule is CCc1nn(C)c(CC)c1CN1C[C@H](OC)C[C@H]1c1ncn[nH]1.